The van der Waals surface area contributed by atoms with Crippen LogP contribution in [0, 0.1) is 0 Å². The van der Waals surface area contributed by atoms with Crippen LogP contribution in [0.2, 0.25) is 0 Å². The van der Waals surface area contributed by atoms with Gasteiger partial charge in [-0.1, -0.05) is 19.3 Å². The molecule has 7 heteroatoms. The van der Waals surface area contributed by atoms with E-state index in [9.17, 15) is 0 Å². The Kier molecular flexibility index (Phi) is 65.7. The normalized spacial score (nSPS) is 13.6. The summed E-state index contributed by atoms with van der Waals surface area (Å²) in [6, 6.07) is 0.536. The summed E-state index contributed by atoms with van der Waals surface area (Å²) >= 11 is 0. The summed E-state index contributed by atoms with van der Waals surface area (Å²) in [6.07, 6.45) is 6.66. The van der Waals surface area contributed by atoms with Gasteiger partial charge in [0.2, 0.25) is 0 Å². The Hall–Kier alpha value is 1.11. The Balaban J connectivity index is -0.0000000204. The van der Waals surface area contributed by atoms with Gasteiger partial charge in [-0.15, -0.1) is 0 Å². The van der Waals surface area contributed by atoms with Gasteiger partial charge in [0.25, 0.3) is 0 Å². The predicted octanol–water partition coefficient (Wildman–Crippen LogP) is -4.91. The molecule has 13 heavy (non-hydrogen) atoms. The van der Waals surface area contributed by atoms with Gasteiger partial charge in [-0.3, -0.25) is 0 Å². The first-order valence-corrected chi connectivity index (χ1v) is 3.15. The zero-order valence-electron chi connectivity index (χ0n) is 7.36. The molecule has 0 aromatic heterocycles. The molecule has 0 radical (unpaired) electrons. The van der Waals surface area contributed by atoms with Crippen molar-refractivity contribution in [2.24, 2.45) is 5.73 Å². The number of nitrogens with two attached hydrogens (primary N) is 1. The predicted molar refractivity (Wildman–Crippen MR) is 40.0 cm³/mol. The van der Waals surface area contributed by atoms with Crippen LogP contribution in [0.1, 0.15) is 32.1 Å². The molecule has 1 aliphatic carbocycles. The molecule has 1 rings (SSSR count). The Morgan fingerprint density at radius 3 is 1.31 bits per heavy atom. The second kappa shape index (κ2) is 23.2. The van der Waals surface area contributed by atoms with Crippen LogP contribution in [-0.2, 0) is 21.1 Å². The minimum absolute atomic E-state index is 0. The molecule has 0 atom stereocenters. The van der Waals surface area contributed by atoms with Gasteiger partial charge in [-0.25, -0.2) is 0 Å². The molecule has 0 aliphatic heterocycles. The van der Waals surface area contributed by atoms with Crippen molar-refractivity contribution in [1.29, 1.82) is 0 Å². The fourth-order valence-corrected chi connectivity index (χ4v) is 1.13. The topological polar surface area (TPSA) is 121 Å². The number of hydrogen-bond acceptors (Lipinski definition) is 4. The van der Waals surface area contributed by atoms with Crippen LogP contribution in [0.5, 0.6) is 0 Å². The first kappa shape index (κ1) is 36.9. The van der Waals surface area contributed by atoms with Gasteiger partial charge in [0.15, 0.2) is 0 Å². The summed E-state index contributed by atoms with van der Waals surface area (Å²) < 4.78 is 0. The standard InChI is InChI=1S/C6H13N.2ClH.H3N.2H2O.Pt/c7-6-4-2-1-3-5-6;;;;;;/h6H,1-5,7H2;2*1H;1H3;2*1H2;/q;;;;;;+4/p-4. The van der Waals surface area contributed by atoms with Crippen molar-refractivity contribution in [3.63, 3.8) is 0 Å². The van der Waals surface area contributed by atoms with E-state index in [-0.39, 0.29) is 63.0 Å². The van der Waals surface area contributed by atoms with Crippen LogP contribution in [0.25, 0.3) is 0 Å². The number of rotatable bonds is 0. The Labute approximate surface area is 107 Å². The van der Waals surface area contributed by atoms with Gasteiger partial charge >= 0.3 is 21.1 Å². The Bertz CT molecular complexity index is 68.6. The largest absolute Gasteiger partial charge is 4.00 e. The second-order valence-electron chi connectivity index (χ2n) is 2.40. The summed E-state index contributed by atoms with van der Waals surface area (Å²) in [5.74, 6) is 0. The third kappa shape index (κ3) is 19.5. The monoisotopic (exact) mass is 415 g/mol. The van der Waals surface area contributed by atoms with Gasteiger partial charge < -0.3 is 47.7 Å². The van der Waals surface area contributed by atoms with E-state index in [4.69, 9.17) is 5.73 Å². The van der Waals surface area contributed by atoms with Crippen LogP contribution >= 0.6 is 0 Å². The van der Waals surface area contributed by atoms with Crippen LogP contribution in [-0.4, -0.2) is 17.0 Å². The minimum atomic E-state index is 0. The molecule has 0 aromatic rings. The van der Waals surface area contributed by atoms with Crippen molar-refractivity contribution in [2.45, 2.75) is 38.1 Å². The third-order valence-corrected chi connectivity index (χ3v) is 1.65. The van der Waals surface area contributed by atoms with Crippen molar-refractivity contribution in [2.75, 3.05) is 0 Å². The average Bonchev–Trinajstić information content (AvgIpc) is 1.69. The zero-order chi connectivity index (χ0) is 5.11. The summed E-state index contributed by atoms with van der Waals surface area (Å²) in [7, 11) is 0. The molecular formula is C6H18Cl2N2O2Pt. The molecule has 1 aliphatic rings. The fraction of sp³-hybridized carbons (Fsp3) is 1.00. The van der Waals surface area contributed by atoms with Crippen LogP contribution in [0.3, 0.4) is 0 Å². The Morgan fingerprint density at radius 1 is 0.846 bits per heavy atom. The fourth-order valence-electron chi connectivity index (χ4n) is 1.13. The maximum atomic E-state index is 5.63. The summed E-state index contributed by atoms with van der Waals surface area (Å²) in [5, 5.41) is 0. The van der Waals surface area contributed by atoms with Gasteiger partial charge in [-0.05, 0) is 12.8 Å². The van der Waals surface area contributed by atoms with E-state index in [1.807, 2.05) is 0 Å². The molecule has 7 N–H and O–H groups in total. The van der Waals surface area contributed by atoms with Crippen molar-refractivity contribution < 1.29 is 56.8 Å². The first-order valence-electron chi connectivity index (χ1n) is 3.15. The molecule has 4 nitrogen and oxygen atoms in total. The van der Waals surface area contributed by atoms with Gasteiger partial charge in [0.1, 0.15) is 0 Å². The molecule has 0 unspecified atom stereocenters. The molecular weight excluding hydrogens is 398 g/mol. The van der Waals surface area contributed by atoms with E-state index in [0.717, 1.165) is 0 Å². The van der Waals surface area contributed by atoms with Crippen molar-refractivity contribution in [3.8, 4) is 0 Å². The molecule has 0 heterocycles. The maximum absolute atomic E-state index is 5.63. The van der Waals surface area contributed by atoms with Crippen molar-refractivity contribution in [1.82, 2.24) is 6.15 Å². The molecule has 0 amide bonds. The second-order valence-corrected chi connectivity index (χ2v) is 2.40. The van der Waals surface area contributed by atoms with E-state index in [2.05, 4.69) is 0 Å². The summed E-state index contributed by atoms with van der Waals surface area (Å²) in [4.78, 5) is 0. The van der Waals surface area contributed by atoms with Gasteiger partial charge in [0, 0.05) is 6.04 Å². The first-order chi connectivity index (χ1) is 3.39. The van der Waals surface area contributed by atoms with Crippen LogP contribution in [0.15, 0.2) is 0 Å². The maximum Gasteiger partial charge on any atom is 4.00 e. The number of hydrogen-bond donors (Lipinski definition) is 2. The average molecular weight is 416 g/mol. The van der Waals surface area contributed by atoms with E-state index >= 15 is 0 Å². The smallest absolute Gasteiger partial charge is 1.00 e. The third-order valence-electron chi connectivity index (χ3n) is 1.65. The van der Waals surface area contributed by atoms with Crippen LogP contribution < -0.4 is 36.7 Å². The Morgan fingerprint density at radius 2 is 1.15 bits per heavy atom. The molecule has 0 saturated heterocycles. The van der Waals surface area contributed by atoms with Gasteiger partial charge in [-0.2, -0.15) is 0 Å². The molecule has 1 fully saturated rings. The van der Waals surface area contributed by atoms with E-state index < -0.39 is 0 Å². The van der Waals surface area contributed by atoms with E-state index in [0.29, 0.717) is 6.04 Å². The SMILES string of the molecule is N.NC1CCCCC1.[Cl-].[Cl-].[OH-].[OH-].[Pt+4]. The minimum Gasteiger partial charge on any atom is -1.00 e. The van der Waals surface area contributed by atoms with Crippen molar-refractivity contribution in [3.05, 3.63) is 0 Å². The molecule has 0 bridgehead atoms. The molecule has 0 aromatic carbocycles. The molecule has 0 spiro atoms. The quantitative estimate of drug-likeness (QED) is 0.411. The van der Waals surface area contributed by atoms with E-state index in [1.54, 1.807) is 0 Å². The summed E-state index contributed by atoms with van der Waals surface area (Å²) in [6.45, 7) is 0. The van der Waals surface area contributed by atoms with Crippen molar-refractivity contribution >= 4 is 0 Å². The zero-order valence-corrected chi connectivity index (χ0v) is 11.1. The molecule has 88 valence electrons. The van der Waals surface area contributed by atoms with Gasteiger partial charge in [0.05, 0.1) is 0 Å². The molecule has 1 saturated carbocycles. The summed E-state index contributed by atoms with van der Waals surface area (Å²) in [5.41, 5.74) is 5.63. The number of halogens is 2. The van der Waals surface area contributed by atoms with Crippen LogP contribution in [0.4, 0.5) is 0 Å². The van der Waals surface area contributed by atoms with E-state index in [1.165, 1.54) is 32.1 Å².